The molecule has 0 spiro atoms. The molecule has 5 heteroatoms. The van der Waals surface area contributed by atoms with Gasteiger partial charge in [0.2, 0.25) is 11.5 Å². The normalized spacial score (nSPS) is 15.0. The van der Waals surface area contributed by atoms with Crippen molar-refractivity contribution in [2.24, 2.45) is 0 Å². The lowest BCUT2D eigenvalue weighted by Crippen LogP contribution is -2.49. The van der Waals surface area contributed by atoms with Crippen LogP contribution in [-0.4, -0.2) is 42.6 Å². The van der Waals surface area contributed by atoms with Crippen molar-refractivity contribution in [2.45, 2.75) is 19.8 Å². The molecule has 5 rings (SSSR count). The molecule has 5 nitrogen and oxygen atoms in total. The first-order valence-corrected chi connectivity index (χ1v) is 11.9. The van der Waals surface area contributed by atoms with Gasteiger partial charge in [0.05, 0.1) is 13.1 Å². The molecule has 1 fully saturated rings. The highest BCUT2D eigenvalue weighted by molar-refractivity contribution is 5.77. The number of anilines is 1. The van der Waals surface area contributed by atoms with Gasteiger partial charge in [-0.1, -0.05) is 68.0 Å². The van der Waals surface area contributed by atoms with Crippen LogP contribution in [0.1, 0.15) is 30.0 Å². The summed E-state index contributed by atoms with van der Waals surface area (Å²) in [6.07, 6.45) is 6.39. The van der Waals surface area contributed by atoms with E-state index in [1.165, 1.54) is 11.4 Å². The Balaban J connectivity index is 1.42. The van der Waals surface area contributed by atoms with E-state index in [0.29, 0.717) is 0 Å². The summed E-state index contributed by atoms with van der Waals surface area (Å²) in [4.78, 5) is 8.50. The Morgan fingerprint density at radius 1 is 1.03 bits per heavy atom. The molecule has 1 N–H and O–H groups in total. The molecule has 0 bridgehead atoms. The van der Waals surface area contributed by atoms with Crippen LogP contribution in [0, 0.1) is 11.3 Å². The van der Waals surface area contributed by atoms with Crippen LogP contribution in [0.15, 0.2) is 66.7 Å². The lowest BCUT2D eigenvalue weighted by molar-refractivity contribution is -0.467. The molecule has 0 radical (unpaired) electrons. The minimum Gasteiger partial charge on any atom is -0.293 e. The van der Waals surface area contributed by atoms with Crippen LogP contribution in [0.2, 0.25) is 0 Å². The van der Waals surface area contributed by atoms with Gasteiger partial charge in [-0.25, -0.2) is 0 Å². The summed E-state index contributed by atoms with van der Waals surface area (Å²) in [5, 5.41) is 9.96. The Bertz CT molecular complexity index is 1320. The van der Waals surface area contributed by atoms with Gasteiger partial charge in [0.25, 0.3) is 0 Å². The number of fused-ring (bicyclic) bond motifs is 3. The van der Waals surface area contributed by atoms with Crippen LogP contribution in [0.5, 0.6) is 0 Å². The number of aromatic nitrogens is 2. The third-order valence-corrected chi connectivity index (χ3v) is 6.51. The van der Waals surface area contributed by atoms with E-state index in [1.807, 2.05) is 12.1 Å². The van der Waals surface area contributed by atoms with E-state index in [0.717, 1.165) is 73.4 Å². The lowest BCUT2D eigenvalue weighted by atomic mass is 10.1. The van der Waals surface area contributed by atoms with E-state index in [4.69, 9.17) is 0 Å². The van der Waals surface area contributed by atoms with Crippen LogP contribution in [-0.2, 0) is 6.42 Å². The molecule has 3 heterocycles. The second kappa shape index (κ2) is 9.48. The number of piperazine rings is 1. The monoisotopic (exact) mass is 436 g/mol. The molecule has 1 saturated heterocycles. The van der Waals surface area contributed by atoms with Crippen molar-refractivity contribution in [3.63, 3.8) is 0 Å². The Kier molecular flexibility index (Phi) is 6.10. The molecular weight excluding hydrogens is 406 g/mol. The maximum absolute atomic E-state index is 9.96. The zero-order chi connectivity index (χ0) is 22.6. The third-order valence-electron chi connectivity index (χ3n) is 6.51. The van der Waals surface area contributed by atoms with Gasteiger partial charge >= 0.3 is 0 Å². The van der Waals surface area contributed by atoms with Gasteiger partial charge in [-0.3, -0.25) is 14.8 Å². The first kappa shape index (κ1) is 21.2. The summed E-state index contributed by atoms with van der Waals surface area (Å²) in [5.41, 5.74) is 6.24. The molecule has 0 aliphatic carbocycles. The molecule has 4 aromatic rings. The number of aryl methyl sites for hydroxylation is 1. The third kappa shape index (κ3) is 4.22. The zero-order valence-electron chi connectivity index (χ0n) is 19.2. The van der Waals surface area contributed by atoms with Crippen molar-refractivity contribution < 1.29 is 4.40 Å². The predicted octanol–water partition coefficient (Wildman–Crippen LogP) is 4.57. The van der Waals surface area contributed by atoms with E-state index in [1.54, 1.807) is 0 Å². The van der Waals surface area contributed by atoms with Crippen LogP contribution in [0.4, 0.5) is 5.82 Å². The van der Waals surface area contributed by atoms with Crippen molar-refractivity contribution in [3.05, 3.63) is 83.4 Å². The summed E-state index contributed by atoms with van der Waals surface area (Å²) >= 11 is 0. The number of aromatic amines is 1. The van der Waals surface area contributed by atoms with Gasteiger partial charge < -0.3 is 0 Å². The van der Waals surface area contributed by atoms with Crippen LogP contribution < -0.4 is 9.30 Å². The number of nitrogens with one attached hydrogen (secondary N) is 1. The molecule has 2 aromatic carbocycles. The van der Waals surface area contributed by atoms with Crippen molar-refractivity contribution in [3.8, 4) is 6.07 Å². The molecule has 1 aliphatic heterocycles. The quantitative estimate of drug-likeness (QED) is 0.451. The Morgan fingerprint density at radius 2 is 1.79 bits per heavy atom. The Labute approximate surface area is 195 Å². The number of nitrogens with zero attached hydrogens (tertiary/aromatic N) is 4. The number of imidazole rings is 1. The van der Waals surface area contributed by atoms with Gasteiger partial charge in [0.15, 0.2) is 0 Å². The van der Waals surface area contributed by atoms with Crippen molar-refractivity contribution in [1.29, 1.82) is 5.26 Å². The molecule has 166 valence electrons. The van der Waals surface area contributed by atoms with Crippen molar-refractivity contribution >= 4 is 28.6 Å². The smallest absolute Gasteiger partial charge is 0.250 e. The second-order valence-electron chi connectivity index (χ2n) is 8.69. The highest BCUT2D eigenvalue weighted by Gasteiger charge is 2.27. The average molecular weight is 437 g/mol. The van der Waals surface area contributed by atoms with E-state index >= 15 is 0 Å². The Hall–Kier alpha value is -3.62. The lowest BCUT2D eigenvalue weighted by Gasteiger charge is -2.32. The highest BCUT2D eigenvalue weighted by atomic mass is 15.3. The molecule has 33 heavy (non-hydrogen) atoms. The van der Waals surface area contributed by atoms with Crippen LogP contribution in [0.3, 0.4) is 0 Å². The minimum absolute atomic E-state index is 0.765. The summed E-state index contributed by atoms with van der Waals surface area (Å²) in [5.74, 6) is 1.18. The SMILES string of the molecule is CCCc1cc(N2CCN(CC=Cc3ccccc3)CC2)[n+]2c([nH]c3ccccc32)c1C#N. The van der Waals surface area contributed by atoms with E-state index < -0.39 is 0 Å². The van der Waals surface area contributed by atoms with Gasteiger partial charge in [-0.15, -0.1) is 0 Å². The fourth-order valence-electron chi connectivity index (χ4n) is 4.82. The maximum Gasteiger partial charge on any atom is 0.250 e. The molecule has 2 aromatic heterocycles. The minimum atomic E-state index is 0.765. The van der Waals surface area contributed by atoms with Crippen LogP contribution in [0.25, 0.3) is 22.8 Å². The van der Waals surface area contributed by atoms with Crippen molar-refractivity contribution in [1.82, 2.24) is 9.88 Å². The number of rotatable bonds is 6. The zero-order valence-corrected chi connectivity index (χ0v) is 19.2. The number of H-pyrrole nitrogens is 1. The fourth-order valence-corrected chi connectivity index (χ4v) is 4.82. The van der Waals surface area contributed by atoms with Gasteiger partial charge in [0, 0.05) is 25.7 Å². The van der Waals surface area contributed by atoms with E-state index in [9.17, 15) is 5.26 Å². The first-order chi connectivity index (χ1) is 16.3. The molecule has 0 unspecified atom stereocenters. The van der Waals surface area contributed by atoms with E-state index in [-0.39, 0.29) is 0 Å². The summed E-state index contributed by atoms with van der Waals surface area (Å²) < 4.78 is 2.25. The van der Waals surface area contributed by atoms with E-state index in [2.05, 4.69) is 92.9 Å². The standard InChI is InChI=1S/C28H29N5/c1-2-9-23-20-27(33-26-14-7-6-13-25(26)30-28(33)24(23)21-29)32-18-16-31(17-19-32)15-8-12-22-10-4-3-5-11-22/h3-8,10-14,20H,2,9,15-19H2,1H3/p+1. The largest absolute Gasteiger partial charge is 0.293 e. The summed E-state index contributed by atoms with van der Waals surface area (Å²) in [7, 11) is 0. The van der Waals surface area contributed by atoms with Gasteiger partial charge in [-0.05, 0) is 29.7 Å². The molecule has 0 saturated carbocycles. The average Bonchev–Trinajstić information content (AvgIpc) is 3.24. The number of nitriles is 1. The summed E-state index contributed by atoms with van der Waals surface area (Å²) in [6, 6.07) is 23.5. The highest BCUT2D eigenvalue weighted by Crippen LogP contribution is 2.24. The number of pyridine rings is 1. The number of hydrogen-bond donors (Lipinski definition) is 1. The van der Waals surface area contributed by atoms with Gasteiger partial charge in [-0.2, -0.15) is 9.66 Å². The Morgan fingerprint density at radius 3 is 2.55 bits per heavy atom. The number of hydrogen-bond acceptors (Lipinski definition) is 3. The first-order valence-electron chi connectivity index (χ1n) is 11.9. The molecular formula is C28H30N5+. The molecule has 0 amide bonds. The predicted molar refractivity (Wildman–Crippen MR) is 134 cm³/mol. The number of para-hydroxylation sites is 2. The molecule has 0 atom stereocenters. The topological polar surface area (TPSA) is 50.2 Å². The van der Waals surface area contributed by atoms with Crippen LogP contribution >= 0.6 is 0 Å². The van der Waals surface area contributed by atoms with Gasteiger partial charge in [0.1, 0.15) is 22.7 Å². The summed E-state index contributed by atoms with van der Waals surface area (Å²) in [6.45, 7) is 7.12. The number of benzene rings is 2. The molecule has 1 aliphatic rings. The van der Waals surface area contributed by atoms with Crippen molar-refractivity contribution in [2.75, 3.05) is 37.6 Å². The fraction of sp³-hybridized carbons (Fsp3) is 0.286. The second-order valence-corrected chi connectivity index (χ2v) is 8.69. The maximum atomic E-state index is 9.96.